The summed E-state index contributed by atoms with van der Waals surface area (Å²) in [6.07, 6.45) is 1.29. The highest BCUT2D eigenvalue weighted by atomic mass is 79.9. The Morgan fingerprint density at radius 2 is 1.95 bits per heavy atom. The quantitative estimate of drug-likeness (QED) is 0.867. The second kappa shape index (κ2) is 7.33. The van der Waals surface area contributed by atoms with Crippen molar-refractivity contribution in [3.05, 3.63) is 64.4 Å². The number of benzene rings is 2. The Hall–Kier alpha value is -1.72. The van der Waals surface area contributed by atoms with Crippen LogP contribution in [0.1, 0.15) is 12.0 Å². The monoisotopic (exact) mass is 350 g/mol. The van der Waals surface area contributed by atoms with E-state index in [2.05, 4.69) is 21.2 Å². The smallest absolute Gasteiger partial charge is 0.241 e. The normalized spacial score (nSPS) is 12.0. The van der Waals surface area contributed by atoms with Crippen molar-refractivity contribution >= 4 is 27.5 Å². The lowest BCUT2D eigenvalue weighted by Crippen LogP contribution is -2.36. The molecule has 1 amide bonds. The Balaban J connectivity index is 1.90. The van der Waals surface area contributed by atoms with E-state index >= 15 is 0 Å². The van der Waals surface area contributed by atoms with Gasteiger partial charge in [-0.2, -0.15) is 0 Å². The predicted molar refractivity (Wildman–Crippen MR) is 85.5 cm³/mol. The van der Waals surface area contributed by atoms with E-state index in [1.807, 2.05) is 30.3 Å². The van der Waals surface area contributed by atoms with Crippen molar-refractivity contribution in [2.75, 3.05) is 5.32 Å². The van der Waals surface area contributed by atoms with Crippen LogP contribution in [0.15, 0.2) is 53.0 Å². The summed E-state index contributed by atoms with van der Waals surface area (Å²) in [5, 5.41) is 2.70. The van der Waals surface area contributed by atoms with Gasteiger partial charge in [-0.1, -0.05) is 30.3 Å². The van der Waals surface area contributed by atoms with Gasteiger partial charge in [-0.25, -0.2) is 4.39 Å². The molecule has 110 valence electrons. The van der Waals surface area contributed by atoms with Crippen LogP contribution in [0.2, 0.25) is 0 Å². The van der Waals surface area contributed by atoms with Crippen LogP contribution in [0.3, 0.4) is 0 Å². The van der Waals surface area contributed by atoms with Gasteiger partial charge in [-0.15, -0.1) is 0 Å². The molecular formula is C16H16BrFN2O. The average Bonchev–Trinajstić information content (AvgIpc) is 2.48. The van der Waals surface area contributed by atoms with E-state index in [1.54, 1.807) is 0 Å². The molecule has 1 unspecified atom stereocenters. The highest BCUT2D eigenvalue weighted by Crippen LogP contribution is 2.23. The first-order valence-electron chi connectivity index (χ1n) is 6.61. The van der Waals surface area contributed by atoms with Crippen LogP contribution in [0.25, 0.3) is 0 Å². The molecular weight excluding hydrogens is 335 g/mol. The van der Waals surface area contributed by atoms with Crippen LogP contribution >= 0.6 is 15.9 Å². The second-order valence-corrected chi connectivity index (χ2v) is 5.60. The van der Waals surface area contributed by atoms with E-state index in [0.29, 0.717) is 16.6 Å². The molecule has 0 radical (unpaired) electrons. The fourth-order valence-corrected chi connectivity index (χ4v) is 2.36. The first-order valence-corrected chi connectivity index (χ1v) is 7.41. The summed E-state index contributed by atoms with van der Waals surface area (Å²) in [4.78, 5) is 12.0. The molecule has 0 saturated carbocycles. The molecule has 0 aliphatic rings. The van der Waals surface area contributed by atoms with E-state index in [-0.39, 0.29) is 11.7 Å². The summed E-state index contributed by atoms with van der Waals surface area (Å²) in [5.74, 6) is -0.647. The number of nitrogens with two attached hydrogens (primary N) is 1. The van der Waals surface area contributed by atoms with E-state index in [1.165, 1.54) is 18.2 Å². The summed E-state index contributed by atoms with van der Waals surface area (Å²) in [7, 11) is 0. The molecule has 5 heteroatoms. The number of carbonyl (C=O) groups is 1. The van der Waals surface area contributed by atoms with Crippen molar-refractivity contribution in [2.45, 2.75) is 18.9 Å². The van der Waals surface area contributed by atoms with Gasteiger partial charge in [0, 0.05) is 4.47 Å². The molecule has 0 saturated heterocycles. The zero-order valence-corrected chi connectivity index (χ0v) is 12.9. The fraction of sp³-hybridized carbons (Fsp3) is 0.188. The topological polar surface area (TPSA) is 55.1 Å². The summed E-state index contributed by atoms with van der Waals surface area (Å²) < 4.78 is 13.5. The number of carbonyl (C=O) groups excluding carboxylic acids is 1. The third-order valence-electron chi connectivity index (χ3n) is 3.11. The first-order chi connectivity index (χ1) is 10.1. The zero-order valence-electron chi connectivity index (χ0n) is 11.4. The Kier molecular flexibility index (Phi) is 5.47. The average molecular weight is 351 g/mol. The molecule has 3 N–H and O–H groups in total. The van der Waals surface area contributed by atoms with Gasteiger partial charge in [0.2, 0.25) is 5.91 Å². The molecule has 0 spiro atoms. The molecule has 21 heavy (non-hydrogen) atoms. The van der Waals surface area contributed by atoms with Crippen LogP contribution in [0, 0.1) is 5.82 Å². The van der Waals surface area contributed by atoms with E-state index in [4.69, 9.17) is 5.73 Å². The fourth-order valence-electron chi connectivity index (χ4n) is 1.91. The minimum absolute atomic E-state index is 0.279. The van der Waals surface area contributed by atoms with E-state index in [0.717, 1.165) is 12.0 Å². The van der Waals surface area contributed by atoms with E-state index in [9.17, 15) is 9.18 Å². The van der Waals surface area contributed by atoms with Gasteiger partial charge in [0.05, 0.1) is 11.7 Å². The summed E-state index contributed by atoms with van der Waals surface area (Å²) in [6, 6.07) is 13.3. The SMILES string of the molecule is NC(CCc1ccccc1)C(=O)Nc1ccc(F)cc1Br. The highest BCUT2D eigenvalue weighted by Gasteiger charge is 2.14. The van der Waals surface area contributed by atoms with Gasteiger partial charge < -0.3 is 11.1 Å². The minimum atomic E-state index is -0.609. The maximum Gasteiger partial charge on any atom is 0.241 e. The van der Waals surface area contributed by atoms with Gasteiger partial charge in [0.25, 0.3) is 0 Å². The van der Waals surface area contributed by atoms with Gasteiger partial charge >= 0.3 is 0 Å². The lowest BCUT2D eigenvalue weighted by Gasteiger charge is -2.13. The number of nitrogens with one attached hydrogen (secondary N) is 1. The molecule has 2 aromatic rings. The first kappa shape index (κ1) is 15.7. The van der Waals surface area contributed by atoms with Crippen LogP contribution < -0.4 is 11.1 Å². The van der Waals surface area contributed by atoms with Gasteiger partial charge in [-0.05, 0) is 52.5 Å². The molecule has 0 heterocycles. The molecule has 0 fully saturated rings. The van der Waals surface area contributed by atoms with Crippen LogP contribution in [-0.4, -0.2) is 11.9 Å². The Morgan fingerprint density at radius 1 is 1.24 bits per heavy atom. The van der Waals surface area contributed by atoms with Crippen LogP contribution in [0.5, 0.6) is 0 Å². The van der Waals surface area contributed by atoms with Crippen molar-refractivity contribution < 1.29 is 9.18 Å². The standard InChI is InChI=1S/C16H16BrFN2O/c17-13-10-12(18)7-9-15(13)20-16(21)14(19)8-6-11-4-2-1-3-5-11/h1-5,7,9-10,14H,6,8,19H2,(H,20,21). The molecule has 1 atom stereocenters. The van der Waals surface area contributed by atoms with Crippen molar-refractivity contribution in [1.82, 2.24) is 0 Å². The molecule has 3 nitrogen and oxygen atoms in total. The number of anilines is 1. The Morgan fingerprint density at radius 3 is 2.62 bits per heavy atom. The summed E-state index contributed by atoms with van der Waals surface area (Å²) in [6.45, 7) is 0. The lowest BCUT2D eigenvalue weighted by molar-refractivity contribution is -0.117. The van der Waals surface area contributed by atoms with Crippen molar-refractivity contribution in [3.63, 3.8) is 0 Å². The van der Waals surface area contributed by atoms with Crippen LogP contribution in [0.4, 0.5) is 10.1 Å². The van der Waals surface area contributed by atoms with Gasteiger partial charge in [0.1, 0.15) is 5.82 Å². The van der Waals surface area contributed by atoms with Crippen molar-refractivity contribution in [3.8, 4) is 0 Å². The maximum absolute atomic E-state index is 13.0. The van der Waals surface area contributed by atoms with Gasteiger partial charge in [0.15, 0.2) is 0 Å². The largest absolute Gasteiger partial charge is 0.324 e. The number of rotatable bonds is 5. The zero-order chi connectivity index (χ0) is 15.2. The molecule has 0 bridgehead atoms. The third-order valence-corrected chi connectivity index (χ3v) is 3.77. The highest BCUT2D eigenvalue weighted by molar-refractivity contribution is 9.10. The van der Waals surface area contributed by atoms with Gasteiger partial charge in [-0.3, -0.25) is 4.79 Å². The maximum atomic E-state index is 13.0. The van der Waals surface area contributed by atoms with Crippen LogP contribution in [-0.2, 0) is 11.2 Å². The van der Waals surface area contributed by atoms with E-state index < -0.39 is 6.04 Å². The van der Waals surface area contributed by atoms with Crippen molar-refractivity contribution in [2.24, 2.45) is 5.73 Å². The molecule has 2 aromatic carbocycles. The number of halogens is 2. The van der Waals surface area contributed by atoms with Crippen molar-refractivity contribution in [1.29, 1.82) is 0 Å². The second-order valence-electron chi connectivity index (χ2n) is 4.74. The number of amides is 1. The Labute approximate surface area is 131 Å². The predicted octanol–water partition coefficient (Wildman–Crippen LogP) is 3.49. The molecule has 0 aliphatic heterocycles. The number of hydrogen-bond donors (Lipinski definition) is 2. The number of hydrogen-bond acceptors (Lipinski definition) is 2. The minimum Gasteiger partial charge on any atom is -0.324 e. The third kappa shape index (κ3) is 4.65. The summed E-state index contributed by atoms with van der Waals surface area (Å²) in [5.41, 5.74) is 7.54. The molecule has 0 aromatic heterocycles. The number of aryl methyl sites for hydroxylation is 1. The molecule has 0 aliphatic carbocycles. The Bertz CT molecular complexity index is 619. The lowest BCUT2D eigenvalue weighted by atomic mass is 10.1. The summed E-state index contributed by atoms with van der Waals surface area (Å²) >= 11 is 3.20. The molecule has 2 rings (SSSR count).